The summed E-state index contributed by atoms with van der Waals surface area (Å²) in [5, 5.41) is 13.2. The van der Waals surface area contributed by atoms with Crippen LogP contribution < -0.4 is 5.32 Å². The zero-order chi connectivity index (χ0) is 12.2. The van der Waals surface area contributed by atoms with Gasteiger partial charge in [0, 0.05) is 13.1 Å². The molecule has 0 aliphatic heterocycles. The van der Waals surface area contributed by atoms with Gasteiger partial charge in [-0.05, 0) is 43.9 Å². The Balaban J connectivity index is 2.53. The molecule has 0 saturated heterocycles. The van der Waals surface area contributed by atoms with Gasteiger partial charge in [0.2, 0.25) is 0 Å². The lowest BCUT2D eigenvalue weighted by Crippen LogP contribution is -2.36. The highest BCUT2D eigenvalue weighted by molar-refractivity contribution is 5.32. The summed E-state index contributed by atoms with van der Waals surface area (Å²) in [6.45, 7) is 9.59. The van der Waals surface area contributed by atoms with Gasteiger partial charge in [-0.15, -0.1) is 0 Å². The maximum Gasteiger partial charge on any atom is 0.0741 e. The first-order chi connectivity index (χ1) is 7.46. The minimum absolute atomic E-state index is 0.599. The number of aliphatic hydroxyl groups is 1. The van der Waals surface area contributed by atoms with E-state index in [1.165, 1.54) is 16.7 Å². The lowest BCUT2D eigenvalue weighted by atomic mass is 10.0. The molecule has 0 bridgehead atoms. The van der Waals surface area contributed by atoms with Gasteiger partial charge in [-0.25, -0.2) is 0 Å². The van der Waals surface area contributed by atoms with E-state index in [2.05, 4.69) is 37.4 Å². The van der Waals surface area contributed by atoms with Crippen molar-refractivity contribution >= 4 is 0 Å². The minimum Gasteiger partial charge on any atom is -0.389 e. The van der Waals surface area contributed by atoms with E-state index in [1.807, 2.05) is 13.8 Å². The maximum absolute atomic E-state index is 9.86. The molecule has 1 rings (SSSR count). The molecule has 0 amide bonds. The second kappa shape index (κ2) is 5.46. The molecule has 0 aliphatic carbocycles. The van der Waals surface area contributed by atoms with Gasteiger partial charge in [0.1, 0.15) is 0 Å². The zero-order valence-corrected chi connectivity index (χ0v) is 10.8. The van der Waals surface area contributed by atoms with Gasteiger partial charge in [0.05, 0.1) is 5.60 Å². The smallest absolute Gasteiger partial charge is 0.0741 e. The normalized spacial score (nSPS) is 14.8. The summed E-state index contributed by atoms with van der Waals surface area (Å²) in [5.41, 5.74) is 3.37. The van der Waals surface area contributed by atoms with Crippen molar-refractivity contribution in [3.8, 4) is 0 Å². The third kappa shape index (κ3) is 3.62. The van der Waals surface area contributed by atoms with Crippen molar-refractivity contribution in [1.29, 1.82) is 0 Å². The van der Waals surface area contributed by atoms with Crippen LogP contribution in [0.25, 0.3) is 0 Å². The molecule has 16 heavy (non-hydrogen) atoms. The van der Waals surface area contributed by atoms with Crippen LogP contribution in [0.5, 0.6) is 0 Å². The molecule has 1 aromatic rings. The summed E-state index contributed by atoms with van der Waals surface area (Å²) in [5.74, 6) is 0. The maximum atomic E-state index is 9.86. The monoisotopic (exact) mass is 221 g/mol. The van der Waals surface area contributed by atoms with Gasteiger partial charge < -0.3 is 10.4 Å². The van der Waals surface area contributed by atoms with E-state index < -0.39 is 5.60 Å². The number of hydrogen-bond acceptors (Lipinski definition) is 2. The summed E-state index contributed by atoms with van der Waals surface area (Å²) >= 11 is 0. The average molecular weight is 221 g/mol. The quantitative estimate of drug-likeness (QED) is 0.801. The summed E-state index contributed by atoms with van der Waals surface area (Å²) in [7, 11) is 0. The lowest BCUT2D eigenvalue weighted by Gasteiger charge is -2.22. The van der Waals surface area contributed by atoms with Crippen molar-refractivity contribution in [2.75, 3.05) is 6.54 Å². The number of hydrogen-bond donors (Lipinski definition) is 2. The van der Waals surface area contributed by atoms with Crippen LogP contribution in [0.2, 0.25) is 0 Å². The molecule has 0 heterocycles. The van der Waals surface area contributed by atoms with E-state index >= 15 is 0 Å². The van der Waals surface area contributed by atoms with Crippen LogP contribution in [0, 0.1) is 13.8 Å². The fourth-order valence-electron chi connectivity index (χ4n) is 1.59. The van der Waals surface area contributed by atoms with E-state index in [4.69, 9.17) is 0 Å². The molecule has 2 N–H and O–H groups in total. The van der Waals surface area contributed by atoms with Crippen LogP contribution in [-0.4, -0.2) is 17.3 Å². The van der Waals surface area contributed by atoms with Crippen LogP contribution >= 0.6 is 0 Å². The summed E-state index contributed by atoms with van der Waals surface area (Å²) in [4.78, 5) is 0. The summed E-state index contributed by atoms with van der Waals surface area (Å²) in [6.07, 6.45) is 0.771. The van der Waals surface area contributed by atoms with Gasteiger partial charge in [0.25, 0.3) is 0 Å². The predicted molar refractivity (Wildman–Crippen MR) is 68.5 cm³/mol. The topological polar surface area (TPSA) is 32.3 Å². The molecule has 1 aromatic carbocycles. The van der Waals surface area contributed by atoms with Gasteiger partial charge in [-0.1, -0.05) is 25.1 Å². The van der Waals surface area contributed by atoms with Crippen molar-refractivity contribution in [3.63, 3.8) is 0 Å². The first-order valence-electron chi connectivity index (χ1n) is 5.94. The highest BCUT2D eigenvalue weighted by Crippen LogP contribution is 2.13. The van der Waals surface area contributed by atoms with Crippen molar-refractivity contribution in [2.45, 2.75) is 46.3 Å². The molecule has 0 aromatic heterocycles. The largest absolute Gasteiger partial charge is 0.389 e. The molecule has 0 aliphatic rings. The van der Waals surface area contributed by atoms with Crippen LogP contribution in [0.3, 0.4) is 0 Å². The van der Waals surface area contributed by atoms with Crippen molar-refractivity contribution in [2.24, 2.45) is 0 Å². The predicted octanol–water partition coefficient (Wildman–Crippen LogP) is 2.55. The molecule has 0 radical (unpaired) electrons. The van der Waals surface area contributed by atoms with Gasteiger partial charge >= 0.3 is 0 Å². The van der Waals surface area contributed by atoms with Gasteiger partial charge in [-0.2, -0.15) is 0 Å². The SMILES string of the molecule is CCC(C)(O)CNCc1cccc(C)c1C. The summed E-state index contributed by atoms with van der Waals surface area (Å²) in [6, 6.07) is 6.34. The molecule has 1 unspecified atom stereocenters. The van der Waals surface area contributed by atoms with Crippen molar-refractivity contribution < 1.29 is 5.11 Å². The molecule has 2 heteroatoms. The second-order valence-electron chi connectivity index (χ2n) is 4.81. The lowest BCUT2D eigenvalue weighted by molar-refractivity contribution is 0.0555. The molecule has 0 fully saturated rings. The standard InChI is InChI=1S/C14H23NO/c1-5-14(4,16)10-15-9-13-8-6-7-11(2)12(13)3/h6-8,15-16H,5,9-10H2,1-4H3. The number of nitrogens with one attached hydrogen (secondary N) is 1. The fourth-order valence-corrected chi connectivity index (χ4v) is 1.59. The molecular weight excluding hydrogens is 198 g/mol. The van der Waals surface area contributed by atoms with Gasteiger partial charge in [-0.3, -0.25) is 0 Å². The molecule has 90 valence electrons. The van der Waals surface area contributed by atoms with E-state index in [-0.39, 0.29) is 0 Å². The number of aryl methyl sites for hydroxylation is 1. The zero-order valence-electron chi connectivity index (χ0n) is 10.8. The molecule has 0 saturated carbocycles. The first kappa shape index (κ1) is 13.2. The van der Waals surface area contributed by atoms with Crippen LogP contribution in [0.15, 0.2) is 18.2 Å². The second-order valence-corrected chi connectivity index (χ2v) is 4.81. The fraction of sp³-hybridized carbons (Fsp3) is 0.571. The van der Waals surface area contributed by atoms with E-state index in [0.717, 1.165) is 13.0 Å². The molecular formula is C14H23NO. The minimum atomic E-state index is -0.599. The van der Waals surface area contributed by atoms with Gasteiger partial charge in [0.15, 0.2) is 0 Å². The average Bonchev–Trinajstić information content (AvgIpc) is 2.24. The number of rotatable bonds is 5. The Hall–Kier alpha value is -0.860. The van der Waals surface area contributed by atoms with Crippen molar-refractivity contribution in [1.82, 2.24) is 5.32 Å². The summed E-state index contributed by atoms with van der Waals surface area (Å²) < 4.78 is 0. The molecule has 0 spiro atoms. The molecule has 2 nitrogen and oxygen atoms in total. The van der Waals surface area contributed by atoms with Crippen LogP contribution in [-0.2, 0) is 6.54 Å². The van der Waals surface area contributed by atoms with E-state index in [0.29, 0.717) is 6.54 Å². The number of benzene rings is 1. The van der Waals surface area contributed by atoms with E-state index in [1.54, 1.807) is 0 Å². The Kier molecular flexibility index (Phi) is 4.51. The third-order valence-corrected chi connectivity index (χ3v) is 3.30. The molecule has 1 atom stereocenters. The highest BCUT2D eigenvalue weighted by atomic mass is 16.3. The Labute approximate surface area is 98.7 Å². The van der Waals surface area contributed by atoms with Crippen molar-refractivity contribution in [3.05, 3.63) is 34.9 Å². The Morgan fingerprint density at radius 2 is 2.00 bits per heavy atom. The van der Waals surface area contributed by atoms with Crippen LogP contribution in [0.1, 0.15) is 37.0 Å². The van der Waals surface area contributed by atoms with Crippen LogP contribution in [0.4, 0.5) is 0 Å². The van der Waals surface area contributed by atoms with E-state index in [9.17, 15) is 5.11 Å². The third-order valence-electron chi connectivity index (χ3n) is 3.30. The Bertz CT molecular complexity index is 345. The highest BCUT2D eigenvalue weighted by Gasteiger charge is 2.16. The Morgan fingerprint density at radius 3 is 2.62 bits per heavy atom. The Morgan fingerprint density at radius 1 is 1.31 bits per heavy atom. The first-order valence-corrected chi connectivity index (χ1v) is 5.94.